The monoisotopic (exact) mass is 317 g/mol. The number of likely N-dealkylation sites (tertiary alicyclic amines) is 1. The van der Waals surface area contributed by atoms with E-state index < -0.39 is 5.54 Å². The number of nitrogens with zero attached hydrogens (tertiary/aromatic N) is 1. The lowest BCUT2D eigenvalue weighted by atomic mass is 9.89. The van der Waals surface area contributed by atoms with Gasteiger partial charge in [0.2, 0.25) is 0 Å². The Bertz CT molecular complexity index is 584. The molecule has 1 unspecified atom stereocenters. The van der Waals surface area contributed by atoms with Crippen molar-refractivity contribution in [3.05, 3.63) is 35.9 Å². The first-order chi connectivity index (χ1) is 11.0. The predicted molar refractivity (Wildman–Crippen MR) is 86.2 cm³/mol. The highest BCUT2D eigenvalue weighted by Crippen LogP contribution is 2.35. The number of carbonyl (C=O) groups excluding carboxylic acids is 3. The molecule has 124 valence electrons. The minimum Gasteiger partial charge on any atom is -0.468 e. The fourth-order valence-electron chi connectivity index (χ4n) is 3.24. The van der Waals surface area contributed by atoms with Gasteiger partial charge in [-0.2, -0.15) is 0 Å². The number of hydrogen-bond donors (Lipinski definition) is 0. The molecule has 0 aliphatic carbocycles. The summed E-state index contributed by atoms with van der Waals surface area (Å²) in [5.41, 5.74) is -0.227. The van der Waals surface area contributed by atoms with E-state index in [1.54, 1.807) is 12.1 Å². The number of benzene rings is 1. The van der Waals surface area contributed by atoms with Gasteiger partial charge >= 0.3 is 5.97 Å². The number of esters is 1. The standard InChI is InChI=1S/C18H23NO4/c1-14(20)9-11-18(17(22)23-2)10-6-12-19(18)13-16(21)15-7-4-3-5-8-15/h3-5,7-8H,6,9-13H2,1-2H3. The highest BCUT2D eigenvalue weighted by atomic mass is 16.5. The molecule has 1 atom stereocenters. The predicted octanol–water partition coefficient (Wildman–Crippen LogP) is 2.25. The molecule has 5 heteroatoms. The SMILES string of the molecule is COC(=O)C1(CCC(C)=O)CCCN1CC(=O)c1ccccc1. The second kappa shape index (κ2) is 7.51. The van der Waals surface area contributed by atoms with Gasteiger partial charge in [0.25, 0.3) is 0 Å². The van der Waals surface area contributed by atoms with E-state index >= 15 is 0 Å². The van der Waals surface area contributed by atoms with Crippen molar-refractivity contribution in [1.82, 2.24) is 4.90 Å². The Kier molecular flexibility index (Phi) is 5.66. The second-order valence-corrected chi connectivity index (χ2v) is 6.04. The van der Waals surface area contributed by atoms with E-state index in [0.717, 1.165) is 6.42 Å². The lowest BCUT2D eigenvalue weighted by Gasteiger charge is -2.35. The van der Waals surface area contributed by atoms with Crippen molar-refractivity contribution in [2.75, 3.05) is 20.2 Å². The average molecular weight is 317 g/mol. The van der Waals surface area contributed by atoms with E-state index in [-0.39, 0.29) is 24.1 Å². The van der Waals surface area contributed by atoms with Crippen molar-refractivity contribution in [2.24, 2.45) is 0 Å². The third-order valence-corrected chi connectivity index (χ3v) is 4.51. The Labute approximate surface area is 136 Å². The molecule has 0 radical (unpaired) electrons. The smallest absolute Gasteiger partial charge is 0.326 e. The van der Waals surface area contributed by atoms with Gasteiger partial charge in [0.1, 0.15) is 11.3 Å². The normalized spacial score (nSPS) is 21.1. The van der Waals surface area contributed by atoms with Crippen molar-refractivity contribution < 1.29 is 19.1 Å². The van der Waals surface area contributed by atoms with E-state index in [2.05, 4.69) is 0 Å². The molecule has 0 bridgehead atoms. The molecule has 5 nitrogen and oxygen atoms in total. The summed E-state index contributed by atoms with van der Waals surface area (Å²) in [5, 5.41) is 0. The quantitative estimate of drug-likeness (QED) is 0.570. The number of carbonyl (C=O) groups is 3. The van der Waals surface area contributed by atoms with Gasteiger partial charge < -0.3 is 9.53 Å². The van der Waals surface area contributed by atoms with Crippen LogP contribution in [0.3, 0.4) is 0 Å². The maximum absolute atomic E-state index is 12.5. The van der Waals surface area contributed by atoms with E-state index in [1.165, 1.54) is 14.0 Å². The molecule has 2 rings (SSSR count). The van der Waals surface area contributed by atoms with Gasteiger partial charge in [0, 0.05) is 12.0 Å². The number of ether oxygens (including phenoxy) is 1. The molecule has 0 N–H and O–H groups in total. The van der Waals surface area contributed by atoms with Crippen LogP contribution in [0.25, 0.3) is 0 Å². The minimum atomic E-state index is -0.856. The van der Waals surface area contributed by atoms with Crippen LogP contribution in [0.4, 0.5) is 0 Å². The van der Waals surface area contributed by atoms with E-state index in [4.69, 9.17) is 4.74 Å². The van der Waals surface area contributed by atoms with Gasteiger partial charge in [0.05, 0.1) is 13.7 Å². The largest absolute Gasteiger partial charge is 0.468 e. The van der Waals surface area contributed by atoms with Gasteiger partial charge in [-0.1, -0.05) is 30.3 Å². The van der Waals surface area contributed by atoms with Crippen LogP contribution in [-0.4, -0.2) is 48.2 Å². The van der Waals surface area contributed by atoms with Gasteiger partial charge in [-0.3, -0.25) is 14.5 Å². The van der Waals surface area contributed by atoms with Crippen molar-refractivity contribution in [3.8, 4) is 0 Å². The number of hydrogen-bond acceptors (Lipinski definition) is 5. The first-order valence-corrected chi connectivity index (χ1v) is 7.91. The zero-order valence-electron chi connectivity index (χ0n) is 13.7. The summed E-state index contributed by atoms with van der Waals surface area (Å²) in [6.07, 6.45) is 2.15. The first-order valence-electron chi connectivity index (χ1n) is 7.91. The van der Waals surface area contributed by atoms with Crippen LogP contribution in [0.15, 0.2) is 30.3 Å². The molecule has 0 saturated carbocycles. The van der Waals surface area contributed by atoms with Gasteiger partial charge in [-0.15, -0.1) is 0 Å². The van der Waals surface area contributed by atoms with Crippen LogP contribution >= 0.6 is 0 Å². The van der Waals surface area contributed by atoms with Crippen LogP contribution < -0.4 is 0 Å². The Hall–Kier alpha value is -2.01. The molecule has 1 fully saturated rings. The molecule has 1 saturated heterocycles. The van der Waals surface area contributed by atoms with Gasteiger partial charge in [-0.25, -0.2) is 0 Å². The molecule has 1 aliphatic heterocycles. The third-order valence-electron chi connectivity index (χ3n) is 4.51. The summed E-state index contributed by atoms with van der Waals surface area (Å²) in [7, 11) is 1.35. The number of methoxy groups -OCH3 is 1. The third kappa shape index (κ3) is 3.85. The average Bonchev–Trinajstić information content (AvgIpc) is 2.96. The lowest BCUT2D eigenvalue weighted by molar-refractivity contribution is -0.153. The molecule has 0 spiro atoms. The highest BCUT2D eigenvalue weighted by Gasteiger charge is 2.48. The Morgan fingerprint density at radius 2 is 1.91 bits per heavy atom. The van der Waals surface area contributed by atoms with Crippen LogP contribution in [0, 0.1) is 0 Å². The lowest BCUT2D eigenvalue weighted by Crippen LogP contribution is -2.53. The van der Waals surface area contributed by atoms with Crippen LogP contribution in [0.2, 0.25) is 0 Å². The molecule has 23 heavy (non-hydrogen) atoms. The Balaban J connectivity index is 2.18. The maximum Gasteiger partial charge on any atom is 0.326 e. The van der Waals surface area contributed by atoms with Crippen molar-refractivity contribution >= 4 is 17.5 Å². The van der Waals surface area contributed by atoms with Gasteiger partial charge in [0.15, 0.2) is 5.78 Å². The Morgan fingerprint density at radius 1 is 1.22 bits per heavy atom. The topological polar surface area (TPSA) is 63.7 Å². The van der Waals surface area contributed by atoms with Crippen molar-refractivity contribution in [3.63, 3.8) is 0 Å². The summed E-state index contributed by atoms with van der Waals surface area (Å²) in [6.45, 7) is 2.34. The van der Waals surface area contributed by atoms with Crippen LogP contribution in [0.5, 0.6) is 0 Å². The first kappa shape index (κ1) is 17.3. The van der Waals surface area contributed by atoms with Crippen molar-refractivity contribution in [1.29, 1.82) is 0 Å². The van der Waals surface area contributed by atoms with E-state index in [1.807, 2.05) is 23.1 Å². The fourth-order valence-corrected chi connectivity index (χ4v) is 3.24. The van der Waals surface area contributed by atoms with E-state index in [9.17, 15) is 14.4 Å². The molecule has 1 aliphatic rings. The molecule has 0 aromatic heterocycles. The Morgan fingerprint density at radius 3 is 2.52 bits per heavy atom. The van der Waals surface area contributed by atoms with Crippen molar-refractivity contribution in [2.45, 2.75) is 38.1 Å². The zero-order chi connectivity index (χ0) is 16.9. The number of Topliss-reactive ketones (excluding diaryl/α,β-unsaturated/α-hetero) is 2. The molecular weight excluding hydrogens is 294 g/mol. The fraction of sp³-hybridized carbons (Fsp3) is 0.500. The minimum absolute atomic E-state index is 0.0244. The van der Waals surface area contributed by atoms with Crippen LogP contribution in [0.1, 0.15) is 43.0 Å². The highest BCUT2D eigenvalue weighted by molar-refractivity contribution is 5.98. The van der Waals surface area contributed by atoms with E-state index in [0.29, 0.717) is 31.4 Å². The maximum atomic E-state index is 12.5. The summed E-state index contributed by atoms with van der Waals surface area (Å²) in [4.78, 5) is 38.1. The zero-order valence-corrected chi connectivity index (χ0v) is 13.7. The van der Waals surface area contributed by atoms with Gasteiger partial charge in [-0.05, 0) is 32.7 Å². The summed E-state index contributed by atoms with van der Waals surface area (Å²) in [5.74, 6) is -0.338. The van der Waals surface area contributed by atoms with Crippen LogP contribution in [-0.2, 0) is 14.3 Å². The molecular formula is C18H23NO4. The number of ketones is 2. The molecule has 1 aromatic rings. The number of rotatable bonds is 7. The molecule has 0 amide bonds. The summed E-state index contributed by atoms with van der Waals surface area (Å²) in [6, 6.07) is 9.04. The summed E-state index contributed by atoms with van der Waals surface area (Å²) < 4.78 is 4.98. The second-order valence-electron chi connectivity index (χ2n) is 6.04. The molecule has 1 aromatic carbocycles. The molecule has 1 heterocycles. The summed E-state index contributed by atoms with van der Waals surface area (Å²) >= 11 is 0.